The summed E-state index contributed by atoms with van der Waals surface area (Å²) < 4.78 is 4.58. The van der Waals surface area contributed by atoms with E-state index in [-0.39, 0.29) is 0 Å². The largest absolute Gasteiger partial charge is 0.478 e. The Balaban J connectivity index is 1.97. The number of rotatable bonds is 5. The molecule has 1 heterocycles. The highest BCUT2D eigenvalue weighted by atomic mass is 16.5. The Hall–Kier alpha value is -2.21. The van der Waals surface area contributed by atoms with Gasteiger partial charge in [0.05, 0.1) is 12.1 Å². The van der Waals surface area contributed by atoms with Gasteiger partial charge >= 0.3 is 5.97 Å². The predicted molar refractivity (Wildman–Crippen MR) is 58.2 cm³/mol. The molecule has 1 aromatic carbocycles. The lowest BCUT2D eigenvalue weighted by molar-refractivity contribution is 0.0695. The molecule has 2 rings (SSSR count). The second-order valence-electron chi connectivity index (χ2n) is 3.41. The number of nitrogens with zero attached hydrogens (tertiary/aromatic N) is 2. The van der Waals surface area contributed by atoms with Crippen LogP contribution in [-0.2, 0) is 13.1 Å². The van der Waals surface area contributed by atoms with Crippen molar-refractivity contribution in [2.24, 2.45) is 0 Å². The molecule has 0 saturated heterocycles. The number of aromatic nitrogens is 2. The molecule has 0 atom stereocenters. The normalized spacial score (nSPS) is 10.4. The number of carboxylic acids is 1. The number of hydrogen-bond acceptors (Lipinski definition) is 5. The average molecular weight is 233 g/mol. The first-order valence-electron chi connectivity index (χ1n) is 5.04. The second-order valence-corrected chi connectivity index (χ2v) is 3.41. The van der Waals surface area contributed by atoms with Gasteiger partial charge in [0, 0.05) is 6.54 Å². The maximum atomic E-state index is 10.9. The maximum Gasteiger partial charge on any atom is 0.336 e. The van der Waals surface area contributed by atoms with Gasteiger partial charge < -0.3 is 14.9 Å². The summed E-state index contributed by atoms with van der Waals surface area (Å²) in [5, 5.41) is 15.7. The second kappa shape index (κ2) is 5.22. The van der Waals surface area contributed by atoms with E-state index in [4.69, 9.17) is 5.11 Å². The van der Waals surface area contributed by atoms with Gasteiger partial charge in [-0.1, -0.05) is 23.4 Å². The van der Waals surface area contributed by atoms with Gasteiger partial charge in [-0.25, -0.2) is 4.79 Å². The highest BCUT2D eigenvalue weighted by Crippen LogP contribution is 2.08. The van der Waals surface area contributed by atoms with Crippen LogP contribution in [0.4, 0.5) is 0 Å². The minimum Gasteiger partial charge on any atom is -0.478 e. The lowest BCUT2D eigenvalue weighted by atomic mass is 10.1. The van der Waals surface area contributed by atoms with Crippen LogP contribution in [0.2, 0.25) is 0 Å². The molecule has 0 radical (unpaired) electrons. The topological polar surface area (TPSA) is 88.2 Å². The molecule has 0 amide bonds. The fourth-order valence-electron chi connectivity index (χ4n) is 1.46. The lowest BCUT2D eigenvalue weighted by Gasteiger charge is -2.05. The predicted octanol–water partition coefficient (Wildman–Crippen LogP) is 1.06. The van der Waals surface area contributed by atoms with E-state index < -0.39 is 5.97 Å². The van der Waals surface area contributed by atoms with Crippen molar-refractivity contribution in [1.82, 2.24) is 15.5 Å². The number of benzene rings is 1. The molecule has 17 heavy (non-hydrogen) atoms. The fraction of sp³-hybridized carbons (Fsp3) is 0.182. The van der Waals surface area contributed by atoms with Crippen molar-refractivity contribution in [2.45, 2.75) is 13.1 Å². The number of hydrogen-bond donors (Lipinski definition) is 2. The van der Waals surface area contributed by atoms with Gasteiger partial charge in [0.1, 0.15) is 0 Å². The van der Waals surface area contributed by atoms with Crippen molar-refractivity contribution >= 4 is 5.97 Å². The molecule has 6 heteroatoms. The van der Waals surface area contributed by atoms with Crippen LogP contribution in [0.3, 0.4) is 0 Å². The van der Waals surface area contributed by atoms with Gasteiger partial charge in [-0.15, -0.1) is 0 Å². The van der Waals surface area contributed by atoms with Crippen molar-refractivity contribution in [3.63, 3.8) is 0 Å². The fourth-order valence-corrected chi connectivity index (χ4v) is 1.46. The molecule has 88 valence electrons. The van der Waals surface area contributed by atoms with Crippen molar-refractivity contribution in [1.29, 1.82) is 0 Å². The van der Waals surface area contributed by atoms with Crippen LogP contribution < -0.4 is 5.32 Å². The van der Waals surface area contributed by atoms with Gasteiger partial charge in [-0.05, 0) is 11.6 Å². The summed E-state index contributed by atoms with van der Waals surface area (Å²) in [5.74, 6) is -0.389. The van der Waals surface area contributed by atoms with Crippen LogP contribution in [0.1, 0.15) is 21.7 Å². The molecular weight excluding hydrogens is 222 g/mol. The molecule has 0 unspecified atom stereocenters. The first kappa shape index (κ1) is 11.3. The molecular formula is C11H11N3O3. The Labute approximate surface area is 97.3 Å². The van der Waals surface area contributed by atoms with Crippen LogP contribution in [-0.4, -0.2) is 21.2 Å². The standard InChI is InChI=1S/C11H11N3O3/c15-11(16)9-4-2-1-3-8(9)5-12-6-10-13-7-17-14-10/h1-4,7,12H,5-6H2,(H,15,16). The van der Waals surface area contributed by atoms with Gasteiger partial charge in [-0.3, -0.25) is 0 Å². The van der Waals surface area contributed by atoms with E-state index in [1.54, 1.807) is 24.3 Å². The summed E-state index contributed by atoms with van der Waals surface area (Å²) in [5.41, 5.74) is 1.02. The monoisotopic (exact) mass is 233 g/mol. The van der Waals surface area contributed by atoms with E-state index >= 15 is 0 Å². The first-order chi connectivity index (χ1) is 8.27. The molecule has 0 aliphatic carbocycles. The van der Waals surface area contributed by atoms with Crippen molar-refractivity contribution in [3.05, 3.63) is 47.6 Å². The maximum absolute atomic E-state index is 10.9. The van der Waals surface area contributed by atoms with Crippen molar-refractivity contribution < 1.29 is 14.4 Å². The molecule has 6 nitrogen and oxygen atoms in total. The van der Waals surface area contributed by atoms with Crippen LogP contribution in [0, 0.1) is 0 Å². The number of carbonyl (C=O) groups is 1. The molecule has 2 aromatic rings. The van der Waals surface area contributed by atoms with Crippen LogP contribution in [0.25, 0.3) is 0 Å². The third-order valence-electron chi connectivity index (χ3n) is 2.25. The van der Waals surface area contributed by atoms with Gasteiger partial charge in [0.25, 0.3) is 0 Å². The molecule has 0 spiro atoms. The Morgan fingerprint density at radius 3 is 2.88 bits per heavy atom. The zero-order chi connectivity index (χ0) is 12.1. The van der Waals surface area contributed by atoms with Crippen molar-refractivity contribution in [2.75, 3.05) is 0 Å². The summed E-state index contributed by atoms with van der Waals surface area (Å²) in [4.78, 5) is 14.8. The van der Waals surface area contributed by atoms with Crippen molar-refractivity contribution in [3.8, 4) is 0 Å². The Morgan fingerprint density at radius 1 is 1.35 bits per heavy atom. The van der Waals surface area contributed by atoms with Crippen LogP contribution in [0.5, 0.6) is 0 Å². The molecule has 0 aliphatic heterocycles. The Morgan fingerprint density at radius 2 is 2.18 bits per heavy atom. The number of nitrogens with one attached hydrogen (secondary N) is 1. The summed E-state index contributed by atoms with van der Waals surface area (Å²) in [6.07, 6.45) is 1.25. The number of carboxylic acid groups (broad SMARTS) is 1. The van der Waals surface area contributed by atoms with E-state index in [0.29, 0.717) is 24.5 Å². The van der Waals surface area contributed by atoms with E-state index in [9.17, 15) is 4.79 Å². The zero-order valence-electron chi connectivity index (χ0n) is 8.96. The molecule has 2 N–H and O–H groups in total. The summed E-state index contributed by atoms with van der Waals surface area (Å²) in [6, 6.07) is 6.85. The highest BCUT2D eigenvalue weighted by Gasteiger charge is 2.08. The Kier molecular flexibility index (Phi) is 3.46. The van der Waals surface area contributed by atoms with E-state index in [2.05, 4.69) is 20.0 Å². The quantitative estimate of drug-likeness (QED) is 0.802. The highest BCUT2D eigenvalue weighted by molar-refractivity contribution is 5.89. The number of aromatic carboxylic acids is 1. The minimum absolute atomic E-state index is 0.299. The van der Waals surface area contributed by atoms with Crippen LogP contribution in [0.15, 0.2) is 35.2 Å². The van der Waals surface area contributed by atoms with Crippen LogP contribution >= 0.6 is 0 Å². The third-order valence-corrected chi connectivity index (χ3v) is 2.25. The molecule has 0 saturated carbocycles. The summed E-state index contributed by atoms with van der Waals surface area (Å²) in [6.45, 7) is 0.876. The van der Waals surface area contributed by atoms with E-state index in [1.807, 2.05) is 0 Å². The third kappa shape index (κ3) is 2.88. The SMILES string of the molecule is O=C(O)c1ccccc1CNCc1ncon1. The Bertz CT molecular complexity index is 496. The zero-order valence-corrected chi connectivity index (χ0v) is 8.96. The van der Waals surface area contributed by atoms with E-state index in [1.165, 1.54) is 6.39 Å². The van der Waals surface area contributed by atoms with Gasteiger partial charge in [0.15, 0.2) is 5.82 Å². The van der Waals surface area contributed by atoms with E-state index in [0.717, 1.165) is 5.56 Å². The van der Waals surface area contributed by atoms with Gasteiger partial charge in [0.2, 0.25) is 6.39 Å². The smallest absolute Gasteiger partial charge is 0.336 e. The molecule has 1 aromatic heterocycles. The minimum atomic E-state index is -0.929. The molecule has 0 bridgehead atoms. The van der Waals surface area contributed by atoms with Gasteiger partial charge in [-0.2, -0.15) is 4.98 Å². The summed E-state index contributed by atoms with van der Waals surface area (Å²) in [7, 11) is 0. The summed E-state index contributed by atoms with van der Waals surface area (Å²) >= 11 is 0. The molecule has 0 fully saturated rings. The lowest BCUT2D eigenvalue weighted by Crippen LogP contribution is -2.16. The first-order valence-corrected chi connectivity index (χ1v) is 5.04. The molecule has 0 aliphatic rings. The average Bonchev–Trinajstić information content (AvgIpc) is 2.82.